The minimum absolute atomic E-state index is 0.185. The standard InChI is InChI=1S/C15H16O6/c1-14-9-7-19-13(17)15(9,18)11(10(14)21-14)20-12(16)8-5-3-2-4-6-8/h2-6,9-11,13,17-18H,7H2,1H3/t9-,10+,11-,13?,14-,15+/m1/s1. The predicted molar refractivity (Wildman–Crippen MR) is 69.3 cm³/mol. The van der Waals surface area contributed by atoms with Crippen LogP contribution in [0.5, 0.6) is 0 Å². The lowest BCUT2D eigenvalue weighted by Gasteiger charge is -2.33. The second-order valence-electron chi connectivity index (χ2n) is 6.04. The number of rotatable bonds is 2. The fraction of sp³-hybridized carbons (Fsp3) is 0.533. The minimum Gasteiger partial charge on any atom is -0.453 e. The SMILES string of the molecule is C[C@]12O[C@H]1[C@@H](OC(=O)c1ccccc1)[C@]1(O)C(O)OC[C@H]21. The van der Waals surface area contributed by atoms with E-state index < -0.39 is 41.6 Å². The van der Waals surface area contributed by atoms with Crippen molar-refractivity contribution < 1.29 is 29.2 Å². The van der Waals surface area contributed by atoms with Crippen molar-refractivity contribution in [3.05, 3.63) is 35.9 Å². The third-order valence-corrected chi connectivity index (χ3v) is 4.93. The van der Waals surface area contributed by atoms with E-state index in [0.29, 0.717) is 5.56 Å². The third kappa shape index (κ3) is 1.58. The Morgan fingerprint density at radius 2 is 2.10 bits per heavy atom. The van der Waals surface area contributed by atoms with E-state index in [4.69, 9.17) is 14.2 Å². The molecule has 1 unspecified atom stereocenters. The van der Waals surface area contributed by atoms with E-state index in [1.54, 1.807) is 30.3 Å². The molecule has 1 aromatic carbocycles. The molecule has 6 nitrogen and oxygen atoms in total. The highest BCUT2D eigenvalue weighted by molar-refractivity contribution is 5.89. The maximum Gasteiger partial charge on any atom is 0.338 e. The van der Waals surface area contributed by atoms with Crippen molar-refractivity contribution in [3.63, 3.8) is 0 Å². The van der Waals surface area contributed by atoms with Gasteiger partial charge in [0, 0.05) is 0 Å². The Labute approximate surface area is 121 Å². The summed E-state index contributed by atoms with van der Waals surface area (Å²) in [5.41, 5.74) is -1.82. The van der Waals surface area contributed by atoms with Gasteiger partial charge in [-0.2, -0.15) is 0 Å². The van der Waals surface area contributed by atoms with Crippen LogP contribution >= 0.6 is 0 Å². The molecule has 2 heterocycles. The van der Waals surface area contributed by atoms with Gasteiger partial charge in [0.05, 0.1) is 18.1 Å². The van der Waals surface area contributed by atoms with Gasteiger partial charge in [0.1, 0.15) is 11.7 Å². The Kier molecular flexibility index (Phi) is 2.54. The number of carbonyl (C=O) groups excluding carboxylic acids is 1. The number of aliphatic hydroxyl groups is 2. The Bertz CT molecular complexity index is 589. The number of ether oxygens (including phenoxy) is 3. The molecule has 0 bridgehead atoms. The van der Waals surface area contributed by atoms with Crippen LogP contribution in [0.4, 0.5) is 0 Å². The fourth-order valence-corrected chi connectivity index (χ4v) is 3.63. The smallest absolute Gasteiger partial charge is 0.338 e. The summed E-state index contributed by atoms with van der Waals surface area (Å²) in [6.07, 6.45) is -2.71. The largest absolute Gasteiger partial charge is 0.453 e. The zero-order valence-corrected chi connectivity index (χ0v) is 11.4. The molecule has 4 rings (SSSR count). The molecule has 112 valence electrons. The van der Waals surface area contributed by atoms with Crippen LogP contribution in [0.3, 0.4) is 0 Å². The first kappa shape index (κ1) is 13.2. The fourth-order valence-electron chi connectivity index (χ4n) is 3.63. The predicted octanol–water partition coefficient (Wildman–Crippen LogP) is 0.0790. The highest BCUT2D eigenvalue weighted by Crippen LogP contribution is 2.62. The van der Waals surface area contributed by atoms with Gasteiger partial charge in [-0.1, -0.05) is 18.2 Å². The van der Waals surface area contributed by atoms with E-state index in [1.807, 2.05) is 6.92 Å². The summed E-state index contributed by atoms with van der Waals surface area (Å²) in [5.74, 6) is -0.954. The van der Waals surface area contributed by atoms with Crippen molar-refractivity contribution in [2.24, 2.45) is 5.92 Å². The molecule has 6 atom stereocenters. The summed E-state index contributed by atoms with van der Waals surface area (Å²) in [4.78, 5) is 12.2. The Morgan fingerprint density at radius 3 is 2.81 bits per heavy atom. The second kappa shape index (κ2) is 4.04. The number of esters is 1. The highest BCUT2D eigenvalue weighted by atomic mass is 16.7. The molecule has 1 saturated carbocycles. The molecule has 2 saturated heterocycles. The van der Waals surface area contributed by atoms with Crippen LogP contribution in [-0.4, -0.2) is 52.5 Å². The molecule has 0 spiro atoms. The zero-order chi connectivity index (χ0) is 14.8. The van der Waals surface area contributed by atoms with E-state index in [9.17, 15) is 15.0 Å². The molecule has 3 aliphatic rings. The summed E-state index contributed by atoms with van der Waals surface area (Å²) in [6.45, 7) is 2.02. The topological polar surface area (TPSA) is 88.5 Å². The maximum atomic E-state index is 12.2. The first-order valence-electron chi connectivity index (χ1n) is 6.94. The third-order valence-electron chi connectivity index (χ3n) is 4.93. The molecular formula is C15H16O6. The molecule has 2 aliphatic heterocycles. The van der Waals surface area contributed by atoms with Crippen LogP contribution < -0.4 is 0 Å². The van der Waals surface area contributed by atoms with E-state index in [1.165, 1.54) is 0 Å². The van der Waals surface area contributed by atoms with Gasteiger partial charge in [0.2, 0.25) is 0 Å². The highest BCUT2D eigenvalue weighted by Gasteiger charge is 2.82. The monoisotopic (exact) mass is 292 g/mol. The van der Waals surface area contributed by atoms with Crippen molar-refractivity contribution in [1.29, 1.82) is 0 Å². The van der Waals surface area contributed by atoms with Crippen molar-refractivity contribution in [2.75, 3.05) is 6.61 Å². The Morgan fingerprint density at radius 1 is 1.38 bits per heavy atom. The van der Waals surface area contributed by atoms with E-state index in [2.05, 4.69) is 0 Å². The van der Waals surface area contributed by atoms with E-state index in [-0.39, 0.29) is 6.61 Å². The number of fused-ring (bicyclic) bond motifs is 3. The molecule has 21 heavy (non-hydrogen) atoms. The quantitative estimate of drug-likeness (QED) is 0.593. The van der Waals surface area contributed by atoms with E-state index in [0.717, 1.165) is 0 Å². The summed E-state index contributed by atoms with van der Waals surface area (Å²) >= 11 is 0. The normalized spacial score (nSPS) is 46.8. The van der Waals surface area contributed by atoms with Crippen molar-refractivity contribution in [3.8, 4) is 0 Å². The molecule has 3 fully saturated rings. The van der Waals surface area contributed by atoms with Crippen molar-refractivity contribution in [2.45, 2.75) is 36.6 Å². The van der Waals surface area contributed by atoms with Gasteiger partial charge in [-0.3, -0.25) is 0 Å². The first-order chi connectivity index (χ1) is 9.98. The van der Waals surface area contributed by atoms with Crippen LogP contribution in [-0.2, 0) is 14.2 Å². The van der Waals surface area contributed by atoms with Gasteiger partial charge in [-0.25, -0.2) is 4.79 Å². The molecule has 1 aromatic rings. The van der Waals surface area contributed by atoms with E-state index >= 15 is 0 Å². The lowest BCUT2D eigenvalue weighted by atomic mass is 9.86. The Hall–Kier alpha value is -1.47. The van der Waals surface area contributed by atoms with Gasteiger partial charge >= 0.3 is 5.97 Å². The molecule has 6 heteroatoms. The van der Waals surface area contributed by atoms with Crippen molar-refractivity contribution in [1.82, 2.24) is 0 Å². The van der Waals surface area contributed by atoms with Gasteiger partial charge in [0.25, 0.3) is 0 Å². The number of benzene rings is 1. The number of hydrogen-bond donors (Lipinski definition) is 2. The van der Waals surface area contributed by atoms with Crippen LogP contribution in [0.25, 0.3) is 0 Å². The van der Waals surface area contributed by atoms with Crippen molar-refractivity contribution >= 4 is 5.97 Å². The summed E-state index contributed by atoms with van der Waals surface area (Å²) in [7, 11) is 0. The average Bonchev–Trinajstić information content (AvgIpc) is 3.00. The summed E-state index contributed by atoms with van der Waals surface area (Å²) in [6, 6.07) is 8.52. The van der Waals surface area contributed by atoms with Crippen LogP contribution in [0.15, 0.2) is 30.3 Å². The molecule has 0 aromatic heterocycles. The van der Waals surface area contributed by atoms with Crippen LogP contribution in [0, 0.1) is 5.92 Å². The average molecular weight is 292 g/mol. The summed E-state index contributed by atoms with van der Waals surface area (Å²) in [5, 5.41) is 20.7. The van der Waals surface area contributed by atoms with Gasteiger partial charge in [-0.05, 0) is 19.1 Å². The lowest BCUT2D eigenvalue weighted by molar-refractivity contribution is -0.208. The van der Waals surface area contributed by atoms with Crippen LogP contribution in [0.1, 0.15) is 17.3 Å². The number of carbonyl (C=O) groups is 1. The van der Waals surface area contributed by atoms with Gasteiger partial charge in [-0.15, -0.1) is 0 Å². The molecule has 0 radical (unpaired) electrons. The Balaban J connectivity index is 1.62. The first-order valence-corrected chi connectivity index (χ1v) is 6.94. The summed E-state index contributed by atoms with van der Waals surface area (Å²) < 4.78 is 16.2. The molecule has 2 N–H and O–H groups in total. The number of aliphatic hydroxyl groups excluding tert-OH is 1. The van der Waals surface area contributed by atoms with Gasteiger partial charge in [0.15, 0.2) is 18.0 Å². The molecule has 0 amide bonds. The zero-order valence-electron chi connectivity index (χ0n) is 11.4. The molecule has 1 aliphatic carbocycles. The number of epoxide rings is 1. The number of hydrogen-bond acceptors (Lipinski definition) is 6. The maximum absolute atomic E-state index is 12.2. The second-order valence-corrected chi connectivity index (χ2v) is 6.04. The van der Waals surface area contributed by atoms with Gasteiger partial charge < -0.3 is 24.4 Å². The minimum atomic E-state index is -1.61. The van der Waals surface area contributed by atoms with Crippen LogP contribution in [0.2, 0.25) is 0 Å². The molecular weight excluding hydrogens is 276 g/mol. The lowest BCUT2D eigenvalue weighted by Crippen LogP contribution is -2.54.